The smallest absolute Gasteiger partial charge is 0.253 e. The van der Waals surface area contributed by atoms with Gasteiger partial charge in [-0.15, -0.1) is 6.58 Å². The van der Waals surface area contributed by atoms with E-state index in [9.17, 15) is 9.90 Å². The number of carbonyl (C=O) groups excluding carboxylic acids is 1. The molecule has 1 aliphatic carbocycles. The summed E-state index contributed by atoms with van der Waals surface area (Å²) in [7, 11) is 3.57. The zero-order valence-corrected chi connectivity index (χ0v) is 19.2. The van der Waals surface area contributed by atoms with Gasteiger partial charge in [0.05, 0.1) is 12.7 Å². The molecule has 1 amide bonds. The Morgan fingerprint density at radius 2 is 2.03 bits per heavy atom. The van der Waals surface area contributed by atoms with E-state index in [1.807, 2.05) is 60.5 Å². The Bertz CT molecular complexity index is 962. The van der Waals surface area contributed by atoms with E-state index < -0.39 is 11.0 Å². The zero-order chi connectivity index (χ0) is 22.8. The van der Waals surface area contributed by atoms with Crippen molar-refractivity contribution in [3.8, 4) is 5.75 Å². The molecule has 1 saturated heterocycles. The van der Waals surface area contributed by atoms with Crippen molar-refractivity contribution >= 4 is 5.91 Å². The van der Waals surface area contributed by atoms with Crippen molar-refractivity contribution in [2.24, 2.45) is 0 Å². The Hall–Kier alpha value is -2.63. The molecule has 4 rings (SSSR count). The lowest BCUT2D eigenvalue weighted by Crippen LogP contribution is -2.67. The van der Waals surface area contributed by atoms with Gasteiger partial charge in [-0.25, -0.2) is 0 Å². The van der Waals surface area contributed by atoms with E-state index >= 15 is 0 Å². The maximum absolute atomic E-state index is 13.2. The molecule has 0 bridgehead atoms. The van der Waals surface area contributed by atoms with Crippen LogP contribution in [-0.2, 0) is 5.41 Å². The van der Waals surface area contributed by atoms with Gasteiger partial charge in [-0.1, -0.05) is 36.4 Å². The topological polar surface area (TPSA) is 53.0 Å². The minimum Gasteiger partial charge on any atom is -0.497 e. The first-order valence-corrected chi connectivity index (χ1v) is 11.4. The van der Waals surface area contributed by atoms with Crippen LogP contribution in [0, 0.1) is 0 Å². The van der Waals surface area contributed by atoms with E-state index in [0.29, 0.717) is 18.5 Å². The Labute approximate surface area is 191 Å². The molecule has 1 saturated carbocycles. The number of likely N-dealkylation sites (tertiary alicyclic amines) is 1. The fourth-order valence-electron chi connectivity index (χ4n) is 5.77. The summed E-state index contributed by atoms with van der Waals surface area (Å²) in [5.41, 5.74) is 0.496. The molecule has 1 N–H and O–H groups in total. The van der Waals surface area contributed by atoms with Gasteiger partial charge in [-0.3, -0.25) is 9.69 Å². The molecule has 2 aromatic rings. The van der Waals surface area contributed by atoms with Crippen LogP contribution in [0.5, 0.6) is 5.75 Å². The van der Waals surface area contributed by atoms with Crippen LogP contribution >= 0.6 is 0 Å². The SMILES string of the molecule is C=CCN1CCC2(c3cccc(OC)c3)C[C@H](N(C)C(=O)c3ccccc3)CCC2(O)C1. The van der Waals surface area contributed by atoms with Crippen LogP contribution in [0.25, 0.3) is 0 Å². The lowest BCUT2D eigenvalue weighted by molar-refractivity contribution is -0.130. The minimum atomic E-state index is -0.867. The van der Waals surface area contributed by atoms with Crippen molar-refractivity contribution in [3.05, 3.63) is 78.4 Å². The second-order valence-corrected chi connectivity index (χ2v) is 9.30. The van der Waals surface area contributed by atoms with Crippen LogP contribution in [0.4, 0.5) is 0 Å². The summed E-state index contributed by atoms with van der Waals surface area (Å²) < 4.78 is 5.52. The summed E-state index contributed by atoms with van der Waals surface area (Å²) in [6.45, 7) is 6.14. The van der Waals surface area contributed by atoms with Crippen LogP contribution in [0.3, 0.4) is 0 Å². The zero-order valence-electron chi connectivity index (χ0n) is 19.2. The summed E-state index contributed by atoms with van der Waals surface area (Å²) in [4.78, 5) is 17.4. The van der Waals surface area contributed by atoms with Gasteiger partial charge in [0.1, 0.15) is 5.75 Å². The first-order chi connectivity index (χ1) is 15.4. The maximum atomic E-state index is 13.2. The third kappa shape index (κ3) is 3.96. The third-order valence-corrected chi connectivity index (χ3v) is 7.60. The van der Waals surface area contributed by atoms with Gasteiger partial charge < -0.3 is 14.7 Å². The monoisotopic (exact) mass is 434 g/mol. The highest BCUT2D eigenvalue weighted by molar-refractivity contribution is 5.94. The molecule has 0 radical (unpaired) electrons. The molecule has 0 spiro atoms. The number of β-amino-alcohol motifs (C(OH)–C–C–N with tert-alkyl or cyclic N) is 1. The second kappa shape index (κ2) is 9.08. The lowest BCUT2D eigenvalue weighted by Gasteiger charge is -2.59. The van der Waals surface area contributed by atoms with Crippen molar-refractivity contribution in [2.45, 2.75) is 42.7 Å². The van der Waals surface area contributed by atoms with Crippen molar-refractivity contribution in [3.63, 3.8) is 0 Å². The van der Waals surface area contributed by atoms with Crippen LogP contribution in [0.1, 0.15) is 41.6 Å². The molecular formula is C27H34N2O3. The minimum absolute atomic E-state index is 0.0333. The molecule has 1 heterocycles. The van der Waals surface area contributed by atoms with Crippen LogP contribution in [0.15, 0.2) is 67.3 Å². The van der Waals surface area contributed by atoms with Crippen LogP contribution < -0.4 is 4.74 Å². The average molecular weight is 435 g/mol. The first kappa shape index (κ1) is 22.6. The number of fused-ring (bicyclic) bond motifs is 1. The quantitative estimate of drug-likeness (QED) is 0.701. The van der Waals surface area contributed by atoms with E-state index in [-0.39, 0.29) is 11.9 Å². The fraction of sp³-hybridized carbons (Fsp3) is 0.444. The number of carbonyl (C=O) groups is 1. The summed E-state index contributed by atoms with van der Waals surface area (Å²) in [6.07, 6.45) is 4.88. The molecule has 2 fully saturated rings. The average Bonchev–Trinajstić information content (AvgIpc) is 2.83. The van der Waals surface area contributed by atoms with E-state index in [1.165, 1.54) is 0 Å². The predicted molar refractivity (Wildman–Crippen MR) is 127 cm³/mol. The highest BCUT2D eigenvalue weighted by Gasteiger charge is 2.58. The number of nitrogens with zero attached hydrogens (tertiary/aromatic N) is 2. The molecule has 170 valence electrons. The number of aliphatic hydroxyl groups is 1. The van der Waals surface area contributed by atoms with Gasteiger partial charge in [-0.2, -0.15) is 0 Å². The summed E-state index contributed by atoms with van der Waals surface area (Å²) in [6, 6.07) is 17.6. The summed E-state index contributed by atoms with van der Waals surface area (Å²) in [5.74, 6) is 0.828. The van der Waals surface area contributed by atoms with Gasteiger partial charge in [-0.05, 0) is 62.1 Å². The maximum Gasteiger partial charge on any atom is 0.253 e. The number of amides is 1. The van der Waals surface area contributed by atoms with Gasteiger partial charge in [0.2, 0.25) is 0 Å². The van der Waals surface area contributed by atoms with Crippen LogP contribution in [-0.4, -0.2) is 66.2 Å². The number of hydrogen-bond donors (Lipinski definition) is 1. The van der Waals surface area contributed by atoms with Crippen molar-refractivity contribution in [2.75, 3.05) is 33.8 Å². The molecule has 2 aromatic carbocycles. The molecule has 2 aliphatic rings. The highest BCUT2D eigenvalue weighted by Crippen LogP contribution is 2.52. The molecule has 5 heteroatoms. The van der Waals surface area contributed by atoms with E-state index in [1.54, 1.807) is 7.11 Å². The normalized spacial score (nSPS) is 27.9. The lowest BCUT2D eigenvalue weighted by atomic mass is 9.55. The van der Waals surface area contributed by atoms with E-state index in [2.05, 4.69) is 23.6 Å². The molecule has 5 nitrogen and oxygen atoms in total. The van der Waals surface area contributed by atoms with Crippen molar-refractivity contribution < 1.29 is 14.6 Å². The fourth-order valence-corrected chi connectivity index (χ4v) is 5.77. The Kier molecular flexibility index (Phi) is 6.40. The summed E-state index contributed by atoms with van der Waals surface area (Å²) in [5, 5.41) is 12.1. The molecule has 2 unspecified atom stereocenters. The van der Waals surface area contributed by atoms with Crippen LogP contribution in [0.2, 0.25) is 0 Å². The van der Waals surface area contributed by atoms with Gasteiger partial charge in [0.15, 0.2) is 0 Å². The third-order valence-electron chi connectivity index (χ3n) is 7.60. The Balaban J connectivity index is 1.69. The number of ether oxygens (including phenoxy) is 1. The highest BCUT2D eigenvalue weighted by atomic mass is 16.5. The number of piperidine rings is 1. The predicted octanol–water partition coefficient (Wildman–Crippen LogP) is 3.88. The molecule has 3 atom stereocenters. The largest absolute Gasteiger partial charge is 0.497 e. The van der Waals surface area contributed by atoms with E-state index in [4.69, 9.17) is 4.74 Å². The molecule has 32 heavy (non-hydrogen) atoms. The van der Waals surface area contributed by atoms with Gasteiger partial charge in [0, 0.05) is 37.2 Å². The summed E-state index contributed by atoms with van der Waals surface area (Å²) >= 11 is 0. The first-order valence-electron chi connectivity index (χ1n) is 11.4. The molecular weight excluding hydrogens is 400 g/mol. The van der Waals surface area contributed by atoms with Gasteiger partial charge >= 0.3 is 0 Å². The Morgan fingerprint density at radius 3 is 2.75 bits per heavy atom. The van der Waals surface area contributed by atoms with Crippen molar-refractivity contribution in [1.82, 2.24) is 9.80 Å². The standard InChI is InChI=1S/C27H34N2O3/c1-4-16-29-17-15-26(22-11-8-12-24(18-22)32-3)19-23(13-14-27(26,31)20-29)28(2)25(30)21-9-6-5-7-10-21/h4-12,18,23,31H,1,13-17,19-20H2,2-3H3/t23-,26?,27?/m1/s1. The van der Waals surface area contributed by atoms with Crippen molar-refractivity contribution in [1.29, 1.82) is 0 Å². The second-order valence-electron chi connectivity index (χ2n) is 9.30. The molecule has 0 aromatic heterocycles. The Morgan fingerprint density at radius 1 is 1.25 bits per heavy atom. The number of methoxy groups -OCH3 is 1. The number of hydrogen-bond acceptors (Lipinski definition) is 4. The number of rotatable bonds is 6. The van der Waals surface area contributed by atoms with E-state index in [0.717, 1.165) is 43.7 Å². The number of benzene rings is 2. The van der Waals surface area contributed by atoms with Gasteiger partial charge in [0.25, 0.3) is 5.91 Å². The molecule has 1 aliphatic heterocycles.